The van der Waals surface area contributed by atoms with Crippen LogP contribution in [0.1, 0.15) is 48.8 Å². The number of hydrogen-bond donors (Lipinski definition) is 1. The highest BCUT2D eigenvalue weighted by Crippen LogP contribution is 2.25. The molecule has 3 aromatic rings. The van der Waals surface area contributed by atoms with Crippen molar-refractivity contribution in [1.29, 1.82) is 0 Å². The molecule has 7 heteroatoms. The van der Waals surface area contributed by atoms with Gasteiger partial charge in [0.1, 0.15) is 11.9 Å². The lowest BCUT2D eigenvalue weighted by molar-refractivity contribution is -0.141. The molecule has 37 heavy (non-hydrogen) atoms. The molecule has 0 radical (unpaired) electrons. The first-order valence-corrected chi connectivity index (χ1v) is 13.5. The predicted molar refractivity (Wildman–Crippen MR) is 146 cm³/mol. The summed E-state index contributed by atoms with van der Waals surface area (Å²) in [5.41, 5.74) is 1.95. The van der Waals surface area contributed by atoms with E-state index in [1.165, 1.54) is 17.4 Å². The van der Waals surface area contributed by atoms with E-state index in [0.717, 1.165) is 31.2 Å². The first kappa shape index (κ1) is 27.2. The molecule has 0 unspecified atom stereocenters. The fraction of sp³-hybridized carbons (Fsp3) is 0.333. The van der Waals surface area contributed by atoms with Crippen LogP contribution in [-0.4, -0.2) is 28.8 Å². The van der Waals surface area contributed by atoms with Crippen LogP contribution in [0.25, 0.3) is 0 Å². The molecule has 0 saturated heterocycles. The Morgan fingerprint density at radius 3 is 2.30 bits per heavy atom. The van der Waals surface area contributed by atoms with Gasteiger partial charge in [-0.1, -0.05) is 97.1 Å². The van der Waals surface area contributed by atoms with Crippen molar-refractivity contribution in [3.05, 3.63) is 105 Å². The molecule has 1 saturated carbocycles. The highest BCUT2D eigenvalue weighted by molar-refractivity contribution is 6.42. The molecule has 1 aliphatic rings. The van der Waals surface area contributed by atoms with E-state index in [9.17, 15) is 14.0 Å². The molecule has 1 aliphatic carbocycles. The molecule has 0 spiro atoms. The van der Waals surface area contributed by atoms with Gasteiger partial charge in [0.15, 0.2) is 0 Å². The van der Waals surface area contributed by atoms with Crippen LogP contribution in [0.5, 0.6) is 0 Å². The number of carbonyl (C=O) groups excluding carboxylic acids is 2. The third-order valence-corrected chi connectivity index (χ3v) is 7.60. The predicted octanol–water partition coefficient (Wildman–Crippen LogP) is 6.76. The average molecular weight is 541 g/mol. The molecule has 3 aromatic carbocycles. The van der Waals surface area contributed by atoms with Crippen molar-refractivity contribution in [2.75, 3.05) is 0 Å². The minimum atomic E-state index is -0.806. The third-order valence-electron chi connectivity index (χ3n) is 6.86. The van der Waals surface area contributed by atoms with Crippen LogP contribution in [0.3, 0.4) is 0 Å². The summed E-state index contributed by atoms with van der Waals surface area (Å²) in [7, 11) is 0. The number of hydrogen-bond acceptors (Lipinski definition) is 2. The zero-order valence-electron chi connectivity index (χ0n) is 20.6. The Morgan fingerprint density at radius 1 is 0.892 bits per heavy atom. The van der Waals surface area contributed by atoms with Gasteiger partial charge >= 0.3 is 0 Å². The monoisotopic (exact) mass is 540 g/mol. The van der Waals surface area contributed by atoms with E-state index in [-0.39, 0.29) is 30.8 Å². The molecular formula is C30H31Cl2FN2O2. The van der Waals surface area contributed by atoms with Crippen molar-refractivity contribution >= 4 is 35.0 Å². The van der Waals surface area contributed by atoms with Crippen LogP contribution in [0.15, 0.2) is 72.8 Å². The molecule has 4 nitrogen and oxygen atoms in total. The number of benzene rings is 3. The lowest BCUT2D eigenvalue weighted by Gasteiger charge is -2.33. The van der Waals surface area contributed by atoms with E-state index in [4.69, 9.17) is 23.2 Å². The highest BCUT2D eigenvalue weighted by Gasteiger charge is 2.32. The summed E-state index contributed by atoms with van der Waals surface area (Å²) >= 11 is 12.2. The van der Waals surface area contributed by atoms with Gasteiger partial charge in [-0.2, -0.15) is 0 Å². The van der Waals surface area contributed by atoms with Crippen LogP contribution in [0.4, 0.5) is 4.39 Å². The zero-order valence-corrected chi connectivity index (χ0v) is 22.1. The fourth-order valence-corrected chi connectivity index (χ4v) is 5.15. The van der Waals surface area contributed by atoms with Crippen LogP contribution in [-0.2, 0) is 29.0 Å². The van der Waals surface area contributed by atoms with Crippen molar-refractivity contribution in [3.8, 4) is 0 Å². The maximum absolute atomic E-state index is 14.7. The fourth-order valence-electron chi connectivity index (χ4n) is 4.83. The number of nitrogens with zero attached hydrogens (tertiary/aromatic N) is 1. The van der Waals surface area contributed by atoms with Gasteiger partial charge in [0.25, 0.3) is 0 Å². The number of rotatable bonds is 9. The van der Waals surface area contributed by atoms with E-state index in [0.29, 0.717) is 27.6 Å². The Labute approximate surface area is 227 Å². The standard InChI is InChI=1S/C30H31Cl2FN2O2/c31-25-16-15-22(17-26(25)32)19-29(36)35(20-23-11-7-8-14-27(23)33)28(18-21-9-3-1-4-10-21)30(37)34-24-12-5-2-6-13-24/h1,3-4,7-11,14-17,24,28H,2,5-6,12-13,18-20H2,(H,34,37)/t28-/m0/s1. The van der Waals surface area contributed by atoms with Crippen LogP contribution in [0.2, 0.25) is 10.0 Å². The molecule has 1 fully saturated rings. The number of carbonyl (C=O) groups is 2. The van der Waals surface area contributed by atoms with Gasteiger partial charge in [0.2, 0.25) is 11.8 Å². The summed E-state index contributed by atoms with van der Waals surface area (Å²) in [6, 6.07) is 20.3. The average Bonchev–Trinajstić information content (AvgIpc) is 2.90. The van der Waals surface area contributed by atoms with E-state index >= 15 is 0 Å². The molecule has 4 rings (SSSR count). The minimum absolute atomic E-state index is 0.00728. The molecule has 194 valence electrons. The Hall–Kier alpha value is -2.89. The first-order valence-electron chi connectivity index (χ1n) is 12.7. The first-order chi connectivity index (χ1) is 17.9. The van der Waals surface area contributed by atoms with Gasteiger partial charge < -0.3 is 10.2 Å². The highest BCUT2D eigenvalue weighted by atomic mass is 35.5. The summed E-state index contributed by atoms with van der Waals surface area (Å²) in [5.74, 6) is -0.920. The lowest BCUT2D eigenvalue weighted by atomic mass is 9.94. The normalized spacial score (nSPS) is 14.7. The maximum Gasteiger partial charge on any atom is 0.243 e. The second-order valence-electron chi connectivity index (χ2n) is 9.59. The van der Waals surface area contributed by atoms with Gasteiger partial charge in [-0.15, -0.1) is 0 Å². The lowest BCUT2D eigenvalue weighted by Crippen LogP contribution is -2.53. The molecule has 1 N–H and O–H groups in total. The van der Waals surface area contributed by atoms with Crippen LogP contribution in [0, 0.1) is 5.82 Å². The number of amides is 2. The van der Waals surface area contributed by atoms with Crippen molar-refractivity contribution in [3.63, 3.8) is 0 Å². The van der Waals surface area contributed by atoms with E-state index in [1.54, 1.807) is 36.4 Å². The van der Waals surface area contributed by atoms with Crippen molar-refractivity contribution in [1.82, 2.24) is 10.2 Å². The summed E-state index contributed by atoms with van der Waals surface area (Å²) in [4.78, 5) is 29.1. The molecule has 0 heterocycles. The Morgan fingerprint density at radius 2 is 1.59 bits per heavy atom. The van der Waals surface area contributed by atoms with Gasteiger partial charge in [-0.05, 0) is 42.2 Å². The smallest absolute Gasteiger partial charge is 0.243 e. The maximum atomic E-state index is 14.7. The Balaban J connectivity index is 1.67. The van der Waals surface area contributed by atoms with Crippen LogP contribution < -0.4 is 5.32 Å². The molecule has 1 atom stereocenters. The van der Waals surface area contributed by atoms with Crippen LogP contribution >= 0.6 is 23.2 Å². The topological polar surface area (TPSA) is 49.4 Å². The quantitative estimate of drug-likeness (QED) is 0.325. The summed E-state index contributed by atoms with van der Waals surface area (Å²) in [6.07, 6.45) is 5.49. The van der Waals surface area contributed by atoms with E-state index in [1.807, 2.05) is 30.3 Å². The number of nitrogens with one attached hydrogen (secondary N) is 1. The van der Waals surface area contributed by atoms with Gasteiger partial charge in [0.05, 0.1) is 16.5 Å². The summed E-state index contributed by atoms with van der Waals surface area (Å²) in [5, 5.41) is 3.94. The summed E-state index contributed by atoms with van der Waals surface area (Å²) in [6.45, 7) is -0.0254. The second kappa shape index (κ2) is 13.1. The van der Waals surface area contributed by atoms with E-state index in [2.05, 4.69) is 5.32 Å². The third kappa shape index (κ3) is 7.56. The van der Waals surface area contributed by atoms with E-state index < -0.39 is 11.9 Å². The Bertz CT molecular complexity index is 1220. The SMILES string of the molecule is O=C(NC1CCCCC1)[C@H](Cc1ccccc1)N(Cc1ccccc1F)C(=O)Cc1ccc(Cl)c(Cl)c1. The minimum Gasteiger partial charge on any atom is -0.352 e. The molecule has 2 amide bonds. The van der Waals surface area contributed by atoms with Crippen molar-refractivity contribution in [2.45, 2.75) is 63.6 Å². The molecular weight excluding hydrogens is 510 g/mol. The zero-order chi connectivity index (χ0) is 26.2. The number of halogens is 3. The summed E-state index contributed by atoms with van der Waals surface area (Å²) < 4.78 is 14.7. The van der Waals surface area contributed by atoms with Crippen molar-refractivity contribution < 1.29 is 14.0 Å². The second-order valence-corrected chi connectivity index (χ2v) is 10.4. The largest absolute Gasteiger partial charge is 0.352 e. The molecule has 0 aliphatic heterocycles. The van der Waals surface area contributed by atoms with Gasteiger partial charge in [0, 0.05) is 24.6 Å². The van der Waals surface area contributed by atoms with Crippen molar-refractivity contribution in [2.24, 2.45) is 0 Å². The van der Waals surface area contributed by atoms with Gasteiger partial charge in [-0.3, -0.25) is 9.59 Å². The Kier molecular flexibility index (Phi) is 9.59. The molecule has 0 aromatic heterocycles. The van der Waals surface area contributed by atoms with Gasteiger partial charge in [-0.25, -0.2) is 4.39 Å². The molecule has 0 bridgehead atoms.